The number of carbonyl (C=O) groups excluding carboxylic acids is 1. The number of carboxylic acid groups (broad SMARTS) is 1. The number of nitrogens with zero attached hydrogens (tertiary/aromatic N) is 3. The topological polar surface area (TPSA) is 123 Å². The minimum atomic E-state index is -1.21. The molecule has 1 heterocycles. The van der Waals surface area contributed by atoms with E-state index in [2.05, 4.69) is 15.6 Å². The van der Waals surface area contributed by atoms with Gasteiger partial charge in [0.05, 0.1) is 23.1 Å². The number of benzene rings is 1. The van der Waals surface area contributed by atoms with Crippen molar-refractivity contribution >= 4 is 17.6 Å². The van der Waals surface area contributed by atoms with Crippen molar-refractivity contribution in [2.75, 3.05) is 5.32 Å². The molecule has 0 unspecified atom stereocenters. The molecule has 0 spiro atoms. The summed E-state index contributed by atoms with van der Waals surface area (Å²) in [6, 6.07) is 3.13. The first kappa shape index (κ1) is 14.6. The van der Waals surface area contributed by atoms with E-state index in [9.17, 15) is 14.0 Å². The van der Waals surface area contributed by atoms with Gasteiger partial charge < -0.3 is 16.2 Å². The van der Waals surface area contributed by atoms with Crippen LogP contribution in [-0.2, 0) is 17.9 Å². The second kappa shape index (κ2) is 6.09. The van der Waals surface area contributed by atoms with Crippen LogP contribution in [0.2, 0.25) is 0 Å². The van der Waals surface area contributed by atoms with E-state index in [1.807, 2.05) is 0 Å². The summed E-state index contributed by atoms with van der Waals surface area (Å²) in [7, 11) is 0. The van der Waals surface area contributed by atoms with Gasteiger partial charge in [0.2, 0.25) is 5.91 Å². The quantitative estimate of drug-likeness (QED) is 0.724. The van der Waals surface area contributed by atoms with Crippen molar-refractivity contribution < 1.29 is 19.1 Å². The third-order valence-corrected chi connectivity index (χ3v) is 2.59. The SMILES string of the molecule is NCc1cn(CC(=O)Nc2cc(C(=O)O)ccc2F)nn1. The number of aromatic nitrogens is 3. The first-order chi connectivity index (χ1) is 9.99. The Morgan fingerprint density at radius 2 is 2.19 bits per heavy atom. The van der Waals surface area contributed by atoms with Gasteiger partial charge in [-0.05, 0) is 18.2 Å². The van der Waals surface area contributed by atoms with E-state index in [0.717, 1.165) is 18.2 Å². The number of anilines is 1. The van der Waals surface area contributed by atoms with Crippen LogP contribution in [0.3, 0.4) is 0 Å². The number of carboxylic acids is 1. The fraction of sp³-hybridized carbons (Fsp3) is 0.167. The molecule has 0 aliphatic heterocycles. The minimum Gasteiger partial charge on any atom is -0.478 e. The smallest absolute Gasteiger partial charge is 0.335 e. The first-order valence-electron chi connectivity index (χ1n) is 5.91. The molecule has 0 saturated carbocycles. The predicted molar refractivity (Wildman–Crippen MR) is 69.9 cm³/mol. The van der Waals surface area contributed by atoms with Gasteiger partial charge in [-0.15, -0.1) is 5.10 Å². The molecule has 0 atom stereocenters. The van der Waals surface area contributed by atoms with Crippen molar-refractivity contribution in [3.8, 4) is 0 Å². The standard InChI is InChI=1S/C12H12FN5O3/c13-9-2-1-7(12(20)21)3-10(9)15-11(19)6-18-5-8(4-14)16-17-18/h1-3,5H,4,6,14H2,(H,15,19)(H,20,21). The van der Waals surface area contributed by atoms with Crippen molar-refractivity contribution in [3.63, 3.8) is 0 Å². The lowest BCUT2D eigenvalue weighted by molar-refractivity contribution is -0.117. The van der Waals surface area contributed by atoms with E-state index in [1.54, 1.807) is 0 Å². The van der Waals surface area contributed by atoms with Crippen molar-refractivity contribution in [1.82, 2.24) is 15.0 Å². The number of nitrogens with two attached hydrogens (primary N) is 1. The molecule has 2 aromatic rings. The van der Waals surface area contributed by atoms with Gasteiger partial charge in [-0.3, -0.25) is 4.79 Å². The van der Waals surface area contributed by atoms with E-state index < -0.39 is 17.7 Å². The maximum atomic E-state index is 13.5. The Labute approximate surface area is 118 Å². The van der Waals surface area contributed by atoms with Crippen LogP contribution in [0, 0.1) is 5.82 Å². The summed E-state index contributed by atoms with van der Waals surface area (Å²) >= 11 is 0. The Kier molecular flexibility index (Phi) is 4.24. The van der Waals surface area contributed by atoms with Gasteiger partial charge in [0, 0.05) is 6.54 Å². The summed E-state index contributed by atoms with van der Waals surface area (Å²) in [4.78, 5) is 22.6. The summed E-state index contributed by atoms with van der Waals surface area (Å²) in [6.45, 7) is 0.000638. The fourth-order valence-corrected chi connectivity index (χ4v) is 1.60. The molecule has 0 aliphatic rings. The molecule has 1 amide bonds. The van der Waals surface area contributed by atoms with E-state index in [-0.39, 0.29) is 24.3 Å². The molecule has 0 radical (unpaired) electrons. The average molecular weight is 293 g/mol. The van der Waals surface area contributed by atoms with Gasteiger partial charge in [0.15, 0.2) is 0 Å². The highest BCUT2D eigenvalue weighted by Gasteiger charge is 2.12. The second-order valence-corrected chi connectivity index (χ2v) is 4.16. The number of halogens is 1. The molecule has 0 saturated heterocycles. The number of nitrogens with one attached hydrogen (secondary N) is 1. The third-order valence-electron chi connectivity index (χ3n) is 2.59. The highest BCUT2D eigenvalue weighted by Crippen LogP contribution is 2.16. The molecule has 0 aliphatic carbocycles. The van der Waals surface area contributed by atoms with Crippen LogP contribution in [0.1, 0.15) is 16.1 Å². The van der Waals surface area contributed by atoms with E-state index in [0.29, 0.717) is 5.69 Å². The van der Waals surface area contributed by atoms with Crippen molar-refractivity contribution in [2.24, 2.45) is 5.73 Å². The Bertz CT molecular complexity index is 685. The van der Waals surface area contributed by atoms with Crippen molar-refractivity contribution in [2.45, 2.75) is 13.1 Å². The summed E-state index contributed by atoms with van der Waals surface area (Å²) in [5.41, 5.74) is 5.54. The number of rotatable bonds is 5. The Balaban J connectivity index is 2.08. The number of hydrogen-bond acceptors (Lipinski definition) is 5. The lowest BCUT2D eigenvalue weighted by Gasteiger charge is -2.07. The second-order valence-electron chi connectivity index (χ2n) is 4.16. The molecule has 1 aromatic carbocycles. The lowest BCUT2D eigenvalue weighted by Crippen LogP contribution is -2.20. The zero-order chi connectivity index (χ0) is 15.4. The summed E-state index contributed by atoms with van der Waals surface area (Å²) in [5.74, 6) is -2.51. The van der Waals surface area contributed by atoms with Gasteiger partial charge in [-0.25, -0.2) is 13.9 Å². The monoisotopic (exact) mass is 293 g/mol. The summed E-state index contributed by atoms with van der Waals surface area (Å²) < 4.78 is 14.8. The normalized spacial score (nSPS) is 10.4. The molecule has 2 rings (SSSR count). The zero-order valence-corrected chi connectivity index (χ0v) is 10.8. The summed E-state index contributed by atoms with van der Waals surface area (Å²) in [6.07, 6.45) is 1.49. The maximum absolute atomic E-state index is 13.5. The molecular weight excluding hydrogens is 281 g/mol. The molecule has 8 nitrogen and oxygen atoms in total. The molecule has 1 aromatic heterocycles. The van der Waals surface area contributed by atoms with Crippen LogP contribution in [-0.4, -0.2) is 32.0 Å². The number of aromatic carboxylic acids is 1. The Hall–Kier alpha value is -2.81. The van der Waals surface area contributed by atoms with Crippen LogP contribution in [0.15, 0.2) is 24.4 Å². The molecule has 110 valence electrons. The molecule has 0 bridgehead atoms. The van der Waals surface area contributed by atoms with E-state index >= 15 is 0 Å². The molecule has 21 heavy (non-hydrogen) atoms. The van der Waals surface area contributed by atoms with E-state index in [4.69, 9.17) is 10.8 Å². The predicted octanol–water partition coefficient (Wildman–Crippen LogP) is 0.213. The van der Waals surface area contributed by atoms with E-state index in [1.165, 1.54) is 10.9 Å². The highest BCUT2D eigenvalue weighted by molar-refractivity contribution is 5.93. The minimum absolute atomic E-state index is 0.127. The molecule has 4 N–H and O–H groups in total. The maximum Gasteiger partial charge on any atom is 0.335 e. The number of carbonyl (C=O) groups is 2. The lowest BCUT2D eigenvalue weighted by atomic mass is 10.2. The van der Waals surface area contributed by atoms with Gasteiger partial charge >= 0.3 is 5.97 Å². The largest absolute Gasteiger partial charge is 0.478 e. The number of hydrogen-bond donors (Lipinski definition) is 3. The van der Waals surface area contributed by atoms with Crippen LogP contribution in [0.4, 0.5) is 10.1 Å². The van der Waals surface area contributed by atoms with Crippen molar-refractivity contribution in [3.05, 3.63) is 41.5 Å². The highest BCUT2D eigenvalue weighted by atomic mass is 19.1. The van der Waals surface area contributed by atoms with Gasteiger partial charge in [0.1, 0.15) is 12.4 Å². The van der Waals surface area contributed by atoms with Crippen LogP contribution < -0.4 is 11.1 Å². The van der Waals surface area contributed by atoms with Crippen LogP contribution >= 0.6 is 0 Å². The Morgan fingerprint density at radius 1 is 1.43 bits per heavy atom. The average Bonchev–Trinajstić information content (AvgIpc) is 2.88. The molecule has 0 fully saturated rings. The van der Waals surface area contributed by atoms with Crippen molar-refractivity contribution in [1.29, 1.82) is 0 Å². The van der Waals surface area contributed by atoms with Gasteiger partial charge in [0.25, 0.3) is 0 Å². The zero-order valence-electron chi connectivity index (χ0n) is 10.8. The fourth-order valence-electron chi connectivity index (χ4n) is 1.60. The molecular formula is C12H12FN5O3. The number of amides is 1. The van der Waals surface area contributed by atoms with Crippen LogP contribution in [0.5, 0.6) is 0 Å². The first-order valence-corrected chi connectivity index (χ1v) is 5.91. The summed E-state index contributed by atoms with van der Waals surface area (Å²) in [5, 5.41) is 18.5. The third kappa shape index (κ3) is 3.60. The Morgan fingerprint density at radius 3 is 2.81 bits per heavy atom. The van der Waals surface area contributed by atoms with Gasteiger partial charge in [-0.2, -0.15) is 0 Å². The van der Waals surface area contributed by atoms with Gasteiger partial charge in [-0.1, -0.05) is 5.21 Å². The van der Waals surface area contributed by atoms with Crippen LogP contribution in [0.25, 0.3) is 0 Å². The molecule has 9 heteroatoms.